The second kappa shape index (κ2) is 10.3. The van der Waals surface area contributed by atoms with E-state index in [-0.39, 0.29) is 11.3 Å². The summed E-state index contributed by atoms with van der Waals surface area (Å²) in [6, 6.07) is 15.8. The predicted molar refractivity (Wildman–Crippen MR) is 125 cm³/mol. The second-order valence-corrected chi connectivity index (χ2v) is 8.33. The third-order valence-corrected chi connectivity index (χ3v) is 6.09. The largest absolute Gasteiger partial charge is 0.491 e. The summed E-state index contributed by atoms with van der Waals surface area (Å²) in [6.45, 7) is 2.21. The van der Waals surface area contributed by atoms with E-state index in [2.05, 4.69) is 0 Å². The lowest BCUT2D eigenvalue weighted by Crippen LogP contribution is -2.11. The van der Waals surface area contributed by atoms with Crippen molar-refractivity contribution in [2.45, 2.75) is 45.1 Å². The number of ether oxygens (including phenoxy) is 1. The van der Waals surface area contributed by atoms with Gasteiger partial charge in [0.25, 0.3) is 0 Å². The first kappa shape index (κ1) is 23.1. The molecule has 0 radical (unpaired) electrons. The normalized spacial score (nSPS) is 15.9. The van der Waals surface area contributed by atoms with E-state index < -0.39 is 23.6 Å². The van der Waals surface area contributed by atoms with Crippen molar-refractivity contribution < 1.29 is 23.0 Å². The summed E-state index contributed by atoms with van der Waals surface area (Å²) >= 11 is 0. The zero-order valence-corrected chi connectivity index (χ0v) is 18.6. The molecule has 0 bridgehead atoms. The molecule has 0 saturated carbocycles. The van der Waals surface area contributed by atoms with Gasteiger partial charge in [0.2, 0.25) is 0 Å². The van der Waals surface area contributed by atoms with Gasteiger partial charge in [0.05, 0.1) is 12.7 Å². The van der Waals surface area contributed by atoms with Crippen LogP contribution in [0, 0.1) is 17.5 Å². The Bertz CT molecular complexity index is 1150. The minimum absolute atomic E-state index is 0.232. The number of aliphatic hydroxyl groups excluding tert-OH is 1. The lowest BCUT2D eigenvalue weighted by atomic mass is 9.90. The average Bonchev–Trinajstić information content (AvgIpc) is 2.82. The van der Waals surface area contributed by atoms with E-state index in [4.69, 9.17) is 4.74 Å². The molecule has 0 fully saturated rings. The van der Waals surface area contributed by atoms with Crippen molar-refractivity contribution in [3.8, 4) is 16.9 Å². The lowest BCUT2D eigenvalue weighted by molar-refractivity contribution is 0.166. The van der Waals surface area contributed by atoms with Gasteiger partial charge in [-0.2, -0.15) is 0 Å². The van der Waals surface area contributed by atoms with Crippen LogP contribution in [0.15, 0.2) is 60.7 Å². The fourth-order valence-corrected chi connectivity index (χ4v) is 4.19. The summed E-state index contributed by atoms with van der Waals surface area (Å²) in [6.07, 6.45) is 3.90. The maximum Gasteiger partial charge on any atom is 0.166 e. The molecule has 172 valence electrons. The minimum Gasteiger partial charge on any atom is -0.491 e. The van der Waals surface area contributed by atoms with Crippen LogP contribution in [0.25, 0.3) is 16.7 Å². The molecular weight excluding hydrogens is 425 g/mol. The molecule has 1 aliphatic carbocycles. The highest BCUT2D eigenvalue weighted by Gasteiger charge is 2.19. The van der Waals surface area contributed by atoms with E-state index >= 15 is 0 Å². The second-order valence-electron chi connectivity index (χ2n) is 8.33. The van der Waals surface area contributed by atoms with Gasteiger partial charge in [-0.05, 0) is 79.0 Å². The van der Waals surface area contributed by atoms with Crippen LogP contribution in [0.4, 0.5) is 13.2 Å². The first-order valence-electron chi connectivity index (χ1n) is 11.3. The minimum atomic E-state index is -0.817. The van der Waals surface area contributed by atoms with Gasteiger partial charge >= 0.3 is 0 Å². The van der Waals surface area contributed by atoms with E-state index in [1.54, 1.807) is 31.2 Å². The van der Waals surface area contributed by atoms with Crippen molar-refractivity contribution in [2.24, 2.45) is 0 Å². The molecule has 0 aliphatic heterocycles. The summed E-state index contributed by atoms with van der Waals surface area (Å²) in [4.78, 5) is 0. The molecule has 0 heterocycles. The molecule has 0 amide bonds. The maximum atomic E-state index is 14.7. The van der Waals surface area contributed by atoms with E-state index in [9.17, 15) is 18.3 Å². The van der Waals surface area contributed by atoms with Crippen LogP contribution in [0.2, 0.25) is 0 Å². The van der Waals surface area contributed by atoms with Gasteiger partial charge in [0.1, 0.15) is 0 Å². The summed E-state index contributed by atoms with van der Waals surface area (Å²) < 4.78 is 48.8. The summed E-state index contributed by atoms with van der Waals surface area (Å²) in [5, 5.41) is 9.61. The van der Waals surface area contributed by atoms with E-state index in [1.165, 1.54) is 6.07 Å². The van der Waals surface area contributed by atoms with Crippen LogP contribution >= 0.6 is 0 Å². The van der Waals surface area contributed by atoms with Crippen molar-refractivity contribution in [3.05, 3.63) is 94.8 Å². The maximum absolute atomic E-state index is 14.7. The van der Waals surface area contributed by atoms with Crippen molar-refractivity contribution in [1.82, 2.24) is 0 Å². The number of aliphatic hydroxyl groups is 1. The summed E-state index contributed by atoms with van der Waals surface area (Å²) in [5.74, 6) is -1.79. The number of allylic oxidation sites excluding steroid dienone is 1. The molecule has 1 aliphatic rings. The third kappa shape index (κ3) is 5.31. The first-order chi connectivity index (χ1) is 16.0. The molecule has 33 heavy (non-hydrogen) atoms. The molecule has 1 N–H and O–H groups in total. The topological polar surface area (TPSA) is 29.5 Å². The molecule has 2 nitrogen and oxygen atoms in total. The predicted octanol–water partition coefficient (Wildman–Crippen LogP) is 6.88. The van der Waals surface area contributed by atoms with Gasteiger partial charge in [0, 0.05) is 5.56 Å². The van der Waals surface area contributed by atoms with Crippen molar-refractivity contribution in [2.75, 3.05) is 6.61 Å². The quantitative estimate of drug-likeness (QED) is 0.423. The number of benzene rings is 3. The Kier molecular flexibility index (Phi) is 7.19. The van der Waals surface area contributed by atoms with Gasteiger partial charge in [0.15, 0.2) is 23.2 Å². The van der Waals surface area contributed by atoms with Crippen molar-refractivity contribution >= 4 is 5.57 Å². The van der Waals surface area contributed by atoms with Gasteiger partial charge in [-0.25, -0.2) is 13.2 Å². The number of rotatable bonds is 7. The molecule has 1 atom stereocenters. The Morgan fingerprint density at radius 3 is 2.33 bits per heavy atom. The van der Waals surface area contributed by atoms with Crippen LogP contribution in [0.3, 0.4) is 0 Å². The van der Waals surface area contributed by atoms with Crippen molar-refractivity contribution in [1.29, 1.82) is 0 Å². The monoisotopic (exact) mass is 452 g/mol. The molecular formula is C28H27F3O2. The molecule has 0 spiro atoms. The van der Waals surface area contributed by atoms with Crippen molar-refractivity contribution in [3.63, 3.8) is 0 Å². The van der Waals surface area contributed by atoms with E-state index in [1.807, 2.05) is 30.3 Å². The Morgan fingerprint density at radius 1 is 0.909 bits per heavy atom. The molecule has 5 heteroatoms. The highest BCUT2D eigenvalue weighted by molar-refractivity contribution is 5.67. The van der Waals surface area contributed by atoms with Gasteiger partial charge in [-0.1, -0.05) is 48.5 Å². The highest BCUT2D eigenvalue weighted by Crippen LogP contribution is 2.31. The van der Waals surface area contributed by atoms with Gasteiger partial charge in [-0.3, -0.25) is 0 Å². The zero-order chi connectivity index (χ0) is 23.4. The lowest BCUT2D eigenvalue weighted by Gasteiger charge is -2.18. The van der Waals surface area contributed by atoms with E-state index in [0.717, 1.165) is 22.3 Å². The Morgan fingerprint density at radius 2 is 1.67 bits per heavy atom. The summed E-state index contributed by atoms with van der Waals surface area (Å²) in [7, 11) is 0. The highest BCUT2D eigenvalue weighted by atomic mass is 19.2. The Hall–Kier alpha value is -3.05. The summed E-state index contributed by atoms with van der Waals surface area (Å²) in [5.41, 5.74) is 3.98. The number of halogens is 3. The van der Waals surface area contributed by atoms with Crippen LogP contribution in [0.1, 0.15) is 42.9 Å². The Balaban J connectivity index is 1.43. The van der Waals surface area contributed by atoms with Crippen LogP contribution in [-0.4, -0.2) is 17.8 Å². The zero-order valence-electron chi connectivity index (χ0n) is 18.6. The first-order valence-corrected chi connectivity index (χ1v) is 11.3. The molecule has 3 aromatic rings. The molecule has 0 saturated heterocycles. The fourth-order valence-electron chi connectivity index (χ4n) is 4.19. The smallest absolute Gasteiger partial charge is 0.166 e. The van der Waals surface area contributed by atoms with Gasteiger partial charge in [-0.15, -0.1) is 0 Å². The number of hydrogen-bond donors (Lipinski definition) is 1. The fraction of sp³-hybridized carbons (Fsp3) is 0.286. The number of aryl methyl sites for hydroxylation is 2. The van der Waals surface area contributed by atoms with Crippen LogP contribution < -0.4 is 4.74 Å². The van der Waals surface area contributed by atoms with Crippen LogP contribution in [-0.2, 0) is 12.8 Å². The molecule has 4 rings (SSSR count). The molecule has 1 unspecified atom stereocenters. The van der Waals surface area contributed by atoms with Gasteiger partial charge < -0.3 is 9.84 Å². The standard InChI is InChI=1S/C28H27F3O2/c1-2-33-26-16-12-22(17-25(26)29)19-6-3-18(4-7-19)5-8-21-11-15-24(28(31)27(21)30)20-9-13-23(32)14-10-20/h3-4,6-7,9,11-12,15-17,23,32H,2,5,8,10,13-14H2,1H3. The molecule has 3 aromatic carbocycles. The van der Waals surface area contributed by atoms with Crippen LogP contribution in [0.5, 0.6) is 5.75 Å². The number of hydrogen-bond acceptors (Lipinski definition) is 2. The Labute approximate surface area is 192 Å². The van der Waals surface area contributed by atoms with E-state index in [0.29, 0.717) is 44.3 Å². The molecule has 0 aromatic heterocycles. The third-order valence-electron chi connectivity index (χ3n) is 6.09. The SMILES string of the molecule is CCOc1ccc(-c2ccc(CCc3ccc(C4=CCC(O)CC4)c(F)c3F)cc2)cc1F. The average molecular weight is 453 g/mol.